The minimum absolute atomic E-state index is 0.137. The van der Waals surface area contributed by atoms with Crippen molar-refractivity contribution in [3.8, 4) is 0 Å². The van der Waals surface area contributed by atoms with Crippen molar-refractivity contribution in [2.24, 2.45) is 0 Å². The maximum Gasteiger partial charge on any atom is 0.256 e. The van der Waals surface area contributed by atoms with E-state index in [0.717, 1.165) is 22.4 Å². The summed E-state index contributed by atoms with van der Waals surface area (Å²) in [4.78, 5) is 26.3. The standard InChI is InChI=1S/C19H19ClN2O2/c1-11-4-5-13(3)16(8-11)21-17-10-18(23)22(19(17)24)14-7-6-12(2)15(20)9-14/h4-9,17,21H,10H2,1-3H3/t17-/m1/s1. The first-order chi connectivity index (χ1) is 11.4. The fraction of sp³-hybridized carbons (Fsp3) is 0.263. The Balaban J connectivity index is 1.86. The molecule has 0 aliphatic carbocycles. The Bertz CT molecular complexity index is 832. The Morgan fingerprint density at radius 1 is 1.04 bits per heavy atom. The number of halogens is 1. The Morgan fingerprint density at radius 3 is 2.46 bits per heavy atom. The van der Waals surface area contributed by atoms with Gasteiger partial charge in [0.2, 0.25) is 5.91 Å². The number of benzene rings is 2. The van der Waals surface area contributed by atoms with Gasteiger partial charge in [0.05, 0.1) is 12.1 Å². The zero-order valence-electron chi connectivity index (χ0n) is 13.9. The van der Waals surface area contributed by atoms with E-state index in [1.54, 1.807) is 12.1 Å². The molecule has 0 saturated carbocycles. The first kappa shape index (κ1) is 16.5. The molecule has 1 heterocycles. The summed E-state index contributed by atoms with van der Waals surface area (Å²) in [5, 5.41) is 3.75. The molecule has 1 aliphatic rings. The van der Waals surface area contributed by atoms with Gasteiger partial charge in [-0.3, -0.25) is 9.59 Å². The lowest BCUT2D eigenvalue weighted by Crippen LogP contribution is -2.35. The lowest BCUT2D eigenvalue weighted by molar-refractivity contribution is -0.121. The zero-order chi connectivity index (χ0) is 17.4. The van der Waals surface area contributed by atoms with E-state index in [-0.39, 0.29) is 18.2 Å². The lowest BCUT2D eigenvalue weighted by atomic mass is 10.1. The van der Waals surface area contributed by atoms with Crippen LogP contribution in [0.3, 0.4) is 0 Å². The molecule has 2 amide bonds. The van der Waals surface area contributed by atoms with Crippen LogP contribution in [0.1, 0.15) is 23.1 Å². The Labute approximate surface area is 146 Å². The third-order valence-corrected chi connectivity index (χ3v) is 4.69. The largest absolute Gasteiger partial charge is 0.373 e. The molecule has 124 valence electrons. The van der Waals surface area contributed by atoms with Gasteiger partial charge < -0.3 is 5.32 Å². The van der Waals surface area contributed by atoms with Crippen LogP contribution >= 0.6 is 11.6 Å². The first-order valence-electron chi connectivity index (χ1n) is 7.83. The lowest BCUT2D eigenvalue weighted by Gasteiger charge is -2.18. The molecule has 4 nitrogen and oxygen atoms in total. The Morgan fingerprint density at radius 2 is 1.75 bits per heavy atom. The number of aryl methyl sites for hydroxylation is 3. The van der Waals surface area contributed by atoms with Crippen molar-refractivity contribution in [3.63, 3.8) is 0 Å². The molecule has 3 rings (SSSR count). The Hall–Kier alpha value is -2.33. The topological polar surface area (TPSA) is 49.4 Å². The predicted molar refractivity (Wildman–Crippen MR) is 96.6 cm³/mol. The van der Waals surface area contributed by atoms with Crippen LogP contribution in [0, 0.1) is 20.8 Å². The first-order valence-corrected chi connectivity index (χ1v) is 8.21. The predicted octanol–water partition coefficient (Wildman–Crippen LogP) is 4.01. The van der Waals surface area contributed by atoms with E-state index in [2.05, 4.69) is 5.32 Å². The summed E-state index contributed by atoms with van der Waals surface area (Å²) in [5.74, 6) is -0.469. The van der Waals surface area contributed by atoms with Crippen LogP contribution in [0.4, 0.5) is 11.4 Å². The van der Waals surface area contributed by atoms with Crippen LogP contribution in [-0.4, -0.2) is 17.9 Å². The molecule has 5 heteroatoms. The van der Waals surface area contributed by atoms with Crippen molar-refractivity contribution in [1.82, 2.24) is 0 Å². The number of amides is 2. The third-order valence-electron chi connectivity index (χ3n) is 4.28. The second-order valence-electron chi connectivity index (χ2n) is 6.22. The van der Waals surface area contributed by atoms with Crippen LogP contribution in [0.5, 0.6) is 0 Å². The minimum Gasteiger partial charge on any atom is -0.373 e. The Kier molecular flexibility index (Phi) is 4.33. The second-order valence-corrected chi connectivity index (χ2v) is 6.63. The molecule has 24 heavy (non-hydrogen) atoms. The number of hydrogen-bond acceptors (Lipinski definition) is 3. The normalized spacial score (nSPS) is 17.5. The van der Waals surface area contributed by atoms with Gasteiger partial charge in [-0.25, -0.2) is 4.90 Å². The molecule has 0 radical (unpaired) electrons. The molecule has 0 aromatic heterocycles. The summed E-state index contributed by atoms with van der Waals surface area (Å²) in [6.45, 7) is 5.85. The van der Waals surface area contributed by atoms with Crippen LogP contribution in [0.25, 0.3) is 0 Å². The second kappa shape index (κ2) is 6.29. The number of imide groups is 1. The highest BCUT2D eigenvalue weighted by Gasteiger charge is 2.39. The van der Waals surface area contributed by atoms with Crippen molar-refractivity contribution >= 4 is 34.8 Å². The molecule has 2 aromatic rings. The molecule has 1 N–H and O–H groups in total. The van der Waals surface area contributed by atoms with Gasteiger partial charge >= 0.3 is 0 Å². The van der Waals surface area contributed by atoms with Crippen molar-refractivity contribution in [2.75, 3.05) is 10.2 Å². The summed E-state index contributed by atoms with van der Waals surface area (Å²) in [6.07, 6.45) is 0.137. The maximum absolute atomic E-state index is 12.7. The van der Waals surface area contributed by atoms with E-state index >= 15 is 0 Å². The maximum atomic E-state index is 12.7. The van der Waals surface area contributed by atoms with Gasteiger partial charge in [-0.1, -0.05) is 29.8 Å². The number of anilines is 2. The van der Waals surface area contributed by atoms with Gasteiger partial charge in [-0.05, 0) is 55.7 Å². The molecule has 2 aromatic carbocycles. The summed E-state index contributed by atoms with van der Waals surface area (Å²) in [5.41, 5.74) is 4.44. The molecule has 1 fully saturated rings. The number of carbonyl (C=O) groups excluding carboxylic acids is 2. The number of hydrogen-bond donors (Lipinski definition) is 1. The van der Waals surface area contributed by atoms with Crippen molar-refractivity contribution in [2.45, 2.75) is 33.2 Å². The van der Waals surface area contributed by atoms with E-state index in [9.17, 15) is 9.59 Å². The van der Waals surface area contributed by atoms with Gasteiger partial charge in [-0.2, -0.15) is 0 Å². The van der Waals surface area contributed by atoms with Gasteiger partial charge in [-0.15, -0.1) is 0 Å². The fourth-order valence-electron chi connectivity index (χ4n) is 2.82. The smallest absolute Gasteiger partial charge is 0.256 e. The minimum atomic E-state index is -0.557. The van der Waals surface area contributed by atoms with Gasteiger partial charge in [0, 0.05) is 10.7 Å². The van der Waals surface area contributed by atoms with Crippen LogP contribution < -0.4 is 10.2 Å². The molecule has 1 saturated heterocycles. The summed E-state index contributed by atoms with van der Waals surface area (Å²) >= 11 is 6.13. The molecular formula is C19H19ClN2O2. The highest BCUT2D eigenvalue weighted by atomic mass is 35.5. The summed E-state index contributed by atoms with van der Waals surface area (Å²) in [7, 11) is 0. The van der Waals surface area contributed by atoms with Crippen molar-refractivity contribution in [1.29, 1.82) is 0 Å². The number of nitrogens with zero attached hydrogens (tertiary/aromatic N) is 1. The molecule has 0 spiro atoms. The van der Waals surface area contributed by atoms with E-state index < -0.39 is 6.04 Å². The van der Waals surface area contributed by atoms with E-state index in [0.29, 0.717) is 10.7 Å². The average molecular weight is 343 g/mol. The van der Waals surface area contributed by atoms with Gasteiger partial charge in [0.25, 0.3) is 5.91 Å². The van der Waals surface area contributed by atoms with Crippen molar-refractivity contribution < 1.29 is 9.59 Å². The van der Waals surface area contributed by atoms with Gasteiger partial charge in [0.15, 0.2) is 0 Å². The zero-order valence-corrected chi connectivity index (χ0v) is 14.6. The fourth-order valence-corrected chi connectivity index (χ4v) is 2.99. The molecular weight excluding hydrogens is 324 g/mol. The molecule has 0 unspecified atom stereocenters. The molecule has 1 aliphatic heterocycles. The van der Waals surface area contributed by atoms with Crippen LogP contribution in [0.2, 0.25) is 5.02 Å². The van der Waals surface area contributed by atoms with Gasteiger partial charge in [0.1, 0.15) is 6.04 Å². The number of nitrogens with one attached hydrogen (secondary N) is 1. The molecule has 1 atom stereocenters. The van der Waals surface area contributed by atoms with E-state index in [1.807, 2.05) is 45.0 Å². The highest BCUT2D eigenvalue weighted by molar-refractivity contribution is 6.32. The van der Waals surface area contributed by atoms with Crippen LogP contribution in [-0.2, 0) is 9.59 Å². The number of rotatable bonds is 3. The van der Waals surface area contributed by atoms with Crippen molar-refractivity contribution in [3.05, 3.63) is 58.1 Å². The third kappa shape index (κ3) is 3.02. The summed E-state index contributed by atoms with van der Waals surface area (Å²) in [6, 6.07) is 10.7. The monoisotopic (exact) mass is 342 g/mol. The quantitative estimate of drug-likeness (QED) is 0.857. The average Bonchev–Trinajstić information content (AvgIpc) is 2.80. The highest BCUT2D eigenvalue weighted by Crippen LogP contribution is 2.29. The molecule has 0 bridgehead atoms. The SMILES string of the molecule is Cc1ccc(C)c(N[C@@H]2CC(=O)N(c3ccc(C)c(Cl)c3)C2=O)c1. The summed E-state index contributed by atoms with van der Waals surface area (Å²) < 4.78 is 0. The van der Waals surface area contributed by atoms with Crippen LogP contribution in [0.15, 0.2) is 36.4 Å². The van der Waals surface area contributed by atoms with E-state index in [4.69, 9.17) is 11.6 Å². The number of carbonyl (C=O) groups is 2. The van der Waals surface area contributed by atoms with E-state index in [1.165, 1.54) is 4.90 Å².